The van der Waals surface area contributed by atoms with E-state index in [4.69, 9.17) is 0 Å². The molecule has 1 nitrogen and oxygen atoms in total. The van der Waals surface area contributed by atoms with Gasteiger partial charge < -0.3 is 0 Å². The number of aryl methyl sites for hydroxylation is 2. The van der Waals surface area contributed by atoms with Crippen LogP contribution in [0.2, 0.25) is 0 Å². The predicted molar refractivity (Wildman–Crippen MR) is 81.9 cm³/mol. The van der Waals surface area contributed by atoms with Crippen LogP contribution in [0.5, 0.6) is 0 Å². The van der Waals surface area contributed by atoms with E-state index < -0.39 is 0 Å². The standard InChI is InChI=1S/C18H22O/c1-4-6-14-8-9-15(7-5-2)18-12-16(13(3)19)10-11-17(14)18/h8-12H,4-7H2,1-3H3. The zero-order chi connectivity index (χ0) is 13.8. The first-order valence-corrected chi connectivity index (χ1v) is 7.22. The van der Waals surface area contributed by atoms with Crippen LogP contribution >= 0.6 is 0 Å². The monoisotopic (exact) mass is 254 g/mol. The second-order valence-electron chi connectivity index (χ2n) is 5.20. The van der Waals surface area contributed by atoms with E-state index in [2.05, 4.69) is 38.1 Å². The fraction of sp³-hybridized carbons (Fsp3) is 0.389. The highest BCUT2D eigenvalue weighted by Gasteiger charge is 2.08. The number of hydrogen-bond acceptors (Lipinski definition) is 1. The quantitative estimate of drug-likeness (QED) is 0.690. The van der Waals surface area contributed by atoms with E-state index in [9.17, 15) is 4.79 Å². The third-order valence-corrected chi connectivity index (χ3v) is 3.64. The lowest BCUT2D eigenvalue weighted by molar-refractivity contribution is 0.101. The van der Waals surface area contributed by atoms with E-state index in [0.29, 0.717) is 0 Å². The summed E-state index contributed by atoms with van der Waals surface area (Å²) in [5.74, 6) is 0.144. The van der Waals surface area contributed by atoms with Crippen molar-refractivity contribution in [3.8, 4) is 0 Å². The highest BCUT2D eigenvalue weighted by atomic mass is 16.1. The lowest BCUT2D eigenvalue weighted by atomic mass is 9.93. The molecule has 0 spiro atoms. The summed E-state index contributed by atoms with van der Waals surface area (Å²) in [5.41, 5.74) is 3.58. The molecule has 0 atom stereocenters. The highest BCUT2D eigenvalue weighted by Crippen LogP contribution is 2.26. The smallest absolute Gasteiger partial charge is 0.159 e. The number of rotatable bonds is 5. The lowest BCUT2D eigenvalue weighted by Gasteiger charge is -2.11. The van der Waals surface area contributed by atoms with Crippen LogP contribution in [-0.2, 0) is 12.8 Å². The van der Waals surface area contributed by atoms with Crippen molar-refractivity contribution in [2.75, 3.05) is 0 Å². The van der Waals surface area contributed by atoms with Crippen LogP contribution in [-0.4, -0.2) is 5.78 Å². The molecule has 0 heterocycles. The maximum Gasteiger partial charge on any atom is 0.159 e. The van der Waals surface area contributed by atoms with Crippen molar-refractivity contribution >= 4 is 16.6 Å². The zero-order valence-corrected chi connectivity index (χ0v) is 12.1. The van der Waals surface area contributed by atoms with Crippen molar-refractivity contribution in [3.63, 3.8) is 0 Å². The van der Waals surface area contributed by atoms with Gasteiger partial charge in [-0.25, -0.2) is 0 Å². The van der Waals surface area contributed by atoms with Gasteiger partial charge in [-0.1, -0.05) is 51.0 Å². The molecule has 19 heavy (non-hydrogen) atoms. The minimum Gasteiger partial charge on any atom is -0.295 e. The summed E-state index contributed by atoms with van der Waals surface area (Å²) in [4.78, 5) is 11.6. The van der Waals surface area contributed by atoms with Crippen LogP contribution in [0.4, 0.5) is 0 Å². The number of benzene rings is 2. The Hall–Kier alpha value is -1.63. The average Bonchev–Trinajstić information content (AvgIpc) is 2.41. The Morgan fingerprint density at radius 3 is 2.00 bits per heavy atom. The molecule has 0 aliphatic heterocycles. The molecule has 0 bridgehead atoms. The van der Waals surface area contributed by atoms with Gasteiger partial charge in [-0.05, 0) is 47.7 Å². The van der Waals surface area contributed by atoms with Gasteiger partial charge in [-0.15, -0.1) is 0 Å². The number of hydrogen-bond donors (Lipinski definition) is 0. The van der Waals surface area contributed by atoms with E-state index in [0.717, 1.165) is 31.2 Å². The van der Waals surface area contributed by atoms with Crippen molar-refractivity contribution in [3.05, 3.63) is 47.0 Å². The molecule has 0 radical (unpaired) electrons. The molecular formula is C18H22O. The molecule has 0 aliphatic rings. The molecule has 2 aromatic rings. The van der Waals surface area contributed by atoms with Crippen molar-refractivity contribution in [1.82, 2.24) is 0 Å². The SMILES string of the molecule is CCCc1ccc(CCC)c2cc(C(C)=O)ccc12. The van der Waals surface area contributed by atoms with Gasteiger partial charge in [0.15, 0.2) is 5.78 Å². The molecule has 100 valence electrons. The fourth-order valence-corrected chi connectivity index (χ4v) is 2.66. The highest BCUT2D eigenvalue weighted by molar-refractivity contribution is 6.00. The molecule has 0 aliphatic carbocycles. The molecule has 0 fully saturated rings. The van der Waals surface area contributed by atoms with Crippen LogP contribution in [0.25, 0.3) is 10.8 Å². The van der Waals surface area contributed by atoms with Crippen LogP contribution in [0.15, 0.2) is 30.3 Å². The Kier molecular flexibility index (Phi) is 4.36. The zero-order valence-electron chi connectivity index (χ0n) is 12.1. The molecule has 0 unspecified atom stereocenters. The summed E-state index contributed by atoms with van der Waals surface area (Å²) >= 11 is 0. The summed E-state index contributed by atoms with van der Waals surface area (Å²) in [6.07, 6.45) is 4.45. The van der Waals surface area contributed by atoms with Crippen molar-refractivity contribution in [2.24, 2.45) is 0 Å². The van der Waals surface area contributed by atoms with Crippen LogP contribution in [0.1, 0.15) is 55.1 Å². The first kappa shape index (κ1) is 13.8. The molecule has 0 saturated carbocycles. The van der Waals surface area contributed by atoms with Gasteiger partial charge in [-0.3, -0.25) is 4.79 Å². The number of carbonyl (C=O) groups is 1. The molecule has 2 rings (SSSR count). The van der Waals surface area contributed by atoms with Crippen molar-refractivity contribution < 1.29 is 4.79 Å². The molecule has 0 saturated heterocycles. The maximum atomic E-state index is 11.6. The molecule has 2 aromatic carbocycles. The van der Waals surface area contributed by atoms with Gasteiger partial charge in [0, 0.05) is 5.56 Å². The number of ketones is 1. The summed E-state index contributed by atoms with van der Waals surface area (Å²) in [5, 5.41) is 2.58. The number of fused-ring (bicyclic) bond motifs is 1. The molecule has 0 aromatic heterocycles. The summed E-state index contributed by atoms with van der Waals surface area (Å²) in [7, 11) is 0. The Balaban J connectivity index is 2.65. The first-order chi connectivity index (χ1) is 9.17. The minimum atomic E-state index is 0.144. The van der Waals surface area contributed by atoms with Gasteiger partial charge in [-0.2, -0.15) is 0 Å². The predicted octanol–water partition coefficient (Wildman–Crippen LogP) is 4.95. The summed E-state index contributed by atoms with van der Waals surface area (Å²) < 4.78 is 0. The third kappa shape index (κ3) is 2.86. The van der Waals surface area contributed by atoms with E-state index in [1.165, 1.54) is 21.9 Å². The van der Waals surface area contributed by atoms with Crippen LogP contribution < -0.4 is 0 Å². The van der Waals surface area contributed by atoms with Crippen LogP contribution in [0, 0.1) is 0 Å². The van der Waals surface area contributed by atoms with Crippen molar-refractivity contribution in [2.45, 2.75) is 46.5 Å². The third-order valence-electron chi connectivity index (χ3n) is 3.64. The normalized spacial score (nSPS) is 10.9. The Bertz CT molecular complexity index is 596. The molecule has 0 N–H and O–H groups in total. The molecular weight excluding hydrogens is 232 g/mol. The Labute approximate surface area is 115 Å². The van der Waals surface area contributed by atoms with Gasteiger partial charge in [0.1, 0.15) is 0 Å². The average molecular weight is 254 g/mol. The first-order valence-electron chi connectivity index (χ1n) is 7.22. The van der Waals surface area contributed by atoms with E-state index in [1.54, 1.807) is 6.92 Å². The van der Waals surface area contributed by atoms with Crippen LogP contribution in [0.3, 0.4) is 0 Å². The van der Waals surface area contributed by atoms with Gasteiger partial charge in [0.05, 0.1) is 0 Å². The summed E-state index contributed by atoms with van der Waals surface area (Å²) in [6.45, 7) is 6.03. The molecule has 0 amide bonds. The number of carbonyl (C=O) groups excluding carboxylic acids is 1. The van der Waals surface area contributed by atoms with E-state index in [-0.39, 0.29) is 5.78 Å². The van der Waals surface area contributed by atoms with Gasteiger partial charge in [0.25, 0.3) is 0 Å². The second kappa shape index (κ2) is 6.01. The maximum absolute atomic E-state index is 11.6. The van der Waals surface area contributed by atoms with E-state index >= 15 is 0 Å². The summed E-state index contributed by atoms with van der Waals surface area (Å²) in [6, 6.07) is 10.6. The molecule has 1 heteroatoms. The van der Waals surface area contributed by atoms with Crippen molar-refractivity contribution in [1.29, 1.82) is 0 Å². The lowest BCUT2D eigenvalue weighted by Crippen LogP contribution is -1.96. The second-order valence-corrected chi connectivity index (χ2v) is 5.20. The number of Topliss-reactive ketones (excluding diaryl/α,β-unsaturated/α-hetero) is 1. The Morgan fingerprint density at radius 2 is 1.47 bits per heavy atom. The Morgan fingerprint density at radius 1 is 0.895 bits per heavy atom. The fourth-order valence-electron chi connectivity index (χ4n) is 2.66. The van der Waals surface area contributed by atoms with E-state index in [1.807, 2.05) is 6.07 Å². The minimum absolute atomic E-state index is 0.144. The largest absolute Gasteiger partial charge is 0.295 e. The van der Waals surface area contributed by atoms with Gasteiger partial charge >= 0.3 is 0 Å². The van der Waals surface area contributed by atoms with Gasteiger partial charge in [0.2, 0.25) is 0 Å². The topological polar surface area (TPSA) is 17.1 Å².